The average molecular weight is 322 g/mol. The maximum absolute atomic E-state index is 11.6. The molecule has 0 N–H and O–H groups in total. The predicted octanol–water partition coefficient (Wildman–Crippen LogP) is 3.85. The zero-order valence-corrected chi connectivity index (χ0v) is 12.2. The number of esters is 1. The summed E-state index contributed by atoms with van der Waals surface area (Å²) >= 11 is 11.6. The Bertz CT molecular complexity index is 693. The summed E-state index contributed by atoms with van der Waals surface area (Å²) in [6, 6.07) is 12.9. The third kappa shape index (κ3) is 4.38. The molecule has 6 heteroatoms. The van der Waals surface area contributed by atoms with Gasteiger partial charge in [-0.3, -0.25) is 0 Å². The van der Waals surface area contributed by atoms with Gasteiger partial charge in [0.1, 0.15) is 11.5 Å². The molecular formula is C15H9Cl2NO3. The van der Waals surface area contributed by atoms with Crippen molar-refractivity contribution in [1.82, 2.24) is 0 Å². The van der Waals surface area contributed by atoms with E-state index < -0.39 is 5.97 Å². The van der Waals surface area contributed by atoms with E-state index >= 15 is 0 Å². The quantitative estimate of drug-likeness (QED) is 0.634. The highest BCUT2D eigenvalue weighted by Crippen LogP contribution is 2.26. The fraction of sp³-hybridized carbons (Fsp3) is 0.0667. The Balaban J connectivity index is 1.89. The van der Waals surface area contributed by atoms with E-state index in [-0.39, 0.29) is 12.4 Å². The molecule has 0 aliphatic rings. The molecule has 2 rings (SSSR count). The molecule has 0 bridgehead atoms. The van der Waals surface area contributed by atoms with Gasteiger partial charge in [-0.25, -0.2) is 4.79 Å². The summed E-state index contributed by atoms with van der Waals surface area (Å²) in [5.41, 5.74) is 0.515. The highest BCUT2D eigenvalue weighted by atomic mass is 35.5. The molecule has 0 heterocycles. The summed E-state index contributed by atoms with van der Waals surface area (Å²) < 4.78 is 10.3. The molecule has 0 saturated carbocycles. The van der Waals surface area contributed by atoms with Gasteiger partial charge in [0.15, 0.2) is 6.61 Å². The number of hydrogen-bond donors (Lipinski definition) is 0. The SMILES string of the molecule is N#Cc1ccc(OCC(=O)Oc2ccc(Cl)c(Cl)c2)cc1. The molecule has 0 unspecified atom stereocenters. The van der Waals surface area contributed by atoms with Gasteiger partial charge in [0, 0.05) is 6.07 Å². The summed E-state index contributed by atoms with van der Waals surface area (Å²) in [5, 5.41) is 9.35. The van der Waals surface area contributed by atoms with Gasteiger partial charge in [0.05, 0.1) is 21.7 Å². The summed E-state index contributed by atoms with van der Waals surface area (Å²) in [6.07, 6.45) is 0. The summed E-state index contributed by atoms with van der Waals surface area (Å²) in [5.74, 6) is 0.190. The Hall–Kier alpha value is -2.22. The van der Waals surface area contributed by atoms with Gasteiger partial charge >= 0.3 is 5.97 Å². The molecule has 0 atom stereocenters. The first-order chi connectivity index (χ1) is 10.1. The summed E-state index contributed by atoms with van der Waals surface area (Å²) in [6.45, 7) is -0.258. The van der Waals surface area contributed by atoms with Gasteiger partial charge < -0.3 is 9.47 Å². The highest BCUT2D eigenvalue weighted by Gasteiger charge is 2.08. The number of carbonyl (C=O) groups is 1. The van der Waals surface area contributed by atoms with E-state index in [9.17, 15) is 4.79 Å². The molecule has 0 aliphatic carbocycles. The Morgan fingerprint density at radius 1 is 1.05 bits per heavy atom. The second kappa shape index (κ2) is 6.98. The van der Waals surface area contributed by atoms with Crippen molar-refractivity contribution in [1.29, 1.82) is 5.26 Å². The minimum absolute atomic E-state index is 0.258. The van der Waals surface area contributed by atoms with Crippen molar-refractivity contribution in [3.8, 4) is 17.6 Å². The van der Waals surface area contributed by atoms with Crippen LogP contribution >= 0.6 is 23.2 Å². The van der Waals surface area contributed by atoms with Gasteiger partial charge in [-0.05, 0) is 36.4 Å². The van der Waals surface area contributed by atoms with Crippen molar-refractivity contribution in [2.45, 2.75) is 0 Å². The highest BCUT2D eigenvalue weighted by molar-refractivity contribution is 6.42. The number of benzene rings is 2. The number of halogens is 2. The topological polar surface area (TPSA) is 59.3 Å². The molecular weight excluding hydrogens is 313 g/mol. The zero-order chi connectivity index (χ0) is 15.2. The lowest BCUT2D eigenvalue weighted by Crippen LogP contribution is -2.17. The van der Waals surface area contributed by atoms with Crippen LogP contribution in [0.4, 0.5) is 0 Å². The van der Waals surface area contributed by atoms with E-state index in [0.29, 0.717) is 21.4 Å². The van der Waals surface area contributed by atoms with Crippen LogP contribution in [-0.2, 0) is 4.79 Å². The first-order valence-electron chi connectivity index (χ1n) is 5.87. The number of nitriles is 1. The maximum atomic E-state index is 11.6. The van der Waals surface area contributed by atoms with Crippen molar-refractivity contribution >= 4 is 29.2 Å². The molecule has 0 amide bonds. The first-order valence-corrected chi connectivity index (χ1v) is 6.63. The van der Waals surface area contributed by atoms with Crippen LogP contribution in [0.25, 0.3) is 0 Å². The Morgan fingerprint density at radius 2 is 1.71 bits per heavy atom. The van der Waals surface area contributed by atoms with Crippen LogP contribution in [0, 0.1) is 11.3 Å². The third-order valence-corrected chi connectivity index (χ3v) is 3.20. The lowest BCUT2D eigenvalue weighted by molar-refractivity contribution is -0.136. The molecule has 106 valence electrons. The van der Waals surface area contributed by atoms with Crippen LogP contribution in [0.2, 0.25) is 10.0 Å². The first kappa shape index (κ1) is 15.2. The maximum Gasteiger partial charge on any atom is 0.349 e. The fourth-order valence-corrected chi connectivity index (χ4v) is 1.76. The van der Waals surface area contributed by atoms with Gasteiger partial charge in [0.2, 0.25) is 0 Å². The van der Waals surface area contributed by atoms with Crippen molar-refractivity contribution in [3.05, 3.63) is 58.1 Å². The normalized spacial score (nSPS) is 9.76. The Labute approximate surface area is 131 Å². The second-order valence-electron chi connectivity index (χ2n) is 3.97. The molecule has 2 aromatic carbocycles. The Morgan fingerprint density at radius 3 is 2.33 bits per heavy atom. The molecule has 0 aliphatic heterocycles. The molecule has 4 nitrogen and oxygen atoms in total. The van der Waals surface area contributed by atoms with Crippen LogP contribution < -0.4 is 9.47 Å². The Kier molecular flexibility index (Phi) is 5.04. The molecule has 0 saturated heterocycles. The van der Waals surface area contributed by atoms with Crippen LogP contribution in [0.5, 0.6) is 11.5 Å². The minimum atomic E-state index is -0.572. The van der Waals surface area contributed by atoms with E-state index in [1.807, 2.05) is 6.07 Å². The molecule has 21 heavy (non-hydrogen) atoms. The largest absolute Gasteiger partial charge is 0.482 e. The van der Waals surface area contributed by atoms with E-state index in [2.05, 4.69) is 0 Å². The van der Waals surface area contributed by atoms with E-state index in [0.717, 1.165) is 0 Å². The van der Waals surface area contributed by atoms with Crippen molar-refractivity contribution in [2.75, 3.05) is 6.61 Å². The van der Waals surface area contributed by atoms with Gasteiger partial charge in [-0.2, -0.15) is 5.26 Å². The smallest absolute Gasteiger partial charge is 0.349 e. The summed E-state index contributed by atoms with van der Waals surface area (Å²) in [7, 11) is 0. The second-order valence-corrected chi connectivity index (χ2v) is 4.79. The van der Waals surface area contributed by atoms with Gasteiger partial charge in [0.25, 0.3) is 0 Å². The lowest BCUT2D eigenvalue weighted by Gasteiger charge is -2.07. The van der Waals surface area contributed by atoms with Crippen LogP contribution in [0.3, 0.4) is 0 Å². The monoisotopic (exact) mass is 321 g/mol. The van der Waals surface area contributed by atoms with Gasteiger partial charge in [-0.1, -0.05) is 23.2 Å². The van der Waals surface area contributed by atoms with E-state index in [1.165, 1.54) is 18.2 Å². The molecule has 0 spiro atoms. The van der Waals surface area contributed by atoms with Crippen molar-refractivity contribution in [3.63, 3.8) is 0 Å². The number of carbonyl (C=O) groups excluding carboxylic acids is 1. The molecule has 0 fully saturated rings. The van der Waals surface area contributed by atoms with Gasteiger partial charge in [-0.15, -0.1) is 0 Å². The van der Waals surface area contributed by atoms with Crippen LogP contribution in [0.15, 0.2) is 42.5 Å². The minimum Gasteiger partial charge on any atom is -0.482 e. The predicted molar refractivity (Wildman–Crippen MR) is 78.7 cm³/mol. The zero-order valence-electron chi connectivity index (χ0n) is 10.7. The number of rotatable bonds is 4. The van der Waals surface area contributed by atoms with E-state index in [1.54, 1.807) is 24.3 Å². The molecule has 2 aromatic rings. The van der Waals surface area contributed by atoms with Crippen LogP contribution in [0.1, 0.15) is 5.56 Å². The van der Waals surface area contributed by atoms with Crippen molar-refractivity contribution < 1.29 is 14.3 Å². The van der Waals surface area contributed by atoms with Crippen LogP contribution in [-0.4, -0.2) is 12.6 Å². The summed E-state index contributed by atoms with van der Waals surface area (Å²) in [4.78, 5) is 11.6. The molecule has 0 aromatic heterocycles. The average Bonchev–Trinajstić information content (AvgIpc) is 2.49. The fourth-order valence-electron chi connectivity index (χ4n) is 1.47. The van der Waals surface area contributed by atoms with Crippen molar-refractivity contribution in [2.24, 2.45) is 0 Å². The number of ether oxygens (including phenoxy) is 2. The lowest BCUT2D eigenvalue weighted by atomic mass is 10.2. The standard InChI is InChI=1S/C15H9Cl2NO3/c16-13-6-5-12(7-14(13)17)21-15(19)9-20-11-3-1-10(8-18)2-4-11/h1-7H,9H2. The third-order valence-electron chi connectivity index (χ3n) is 2.46. The molecule has 0 radical (unpaired) electrons. The number of nitrogens with zero attached hydrogens (tertiary/aromatic N) is 1. The van der Waals surface area contributed by atoms with E-state index in [4.69, 9.17) is 37.9 Å². The number of hydrogen-bond acceptors (Lipinski definition) is 4.